The van der Waals surface area contributed by atoms with Crippen molar-refractivity contribution in [3.8, 4) is 0 Å². The first-order valence-corrected chi connectivity index (χ1v) is 7.08. The Hall–Kier alpha value is 0. The molecule has 2 fully saturated rings. The van der Waals surface area contributed by atoms with Crippen LogP contribution in [0, 0.1) is 23.2 Å². The molecule has 2 aliphatic carbocycles. The van der Waals surface area contributed by atoms with E-state index in [2.05, 4.69) is 20.8 Å². The first-order valence-electron chi connectivity index (χ1n) is 7.08. The van der Waals surface area contributed by atoms with Crippen LogP contribution in [0.25, 0.3) is 0 Å². The van der Waals surface area contributed by atoms with Crippen LogP contribution in [0.1, 0.15) is 72.1 Å². The lowest BCUT2D eigenvalue weighted by molar-refractivity contribution is 0.0724. The zero-order chi connectivity index (χ0) is 10.9. The van der Waals surface area contributed by atoms with Crippen molar-refractivity contribution in [1.29, 1.82) is 0 Å². The summed E-state index contributed by atoms with van der Waals surface area (Å²) in [5, 5.41) is 0. The molecule has 0 heteroatoms. The zero-order valence-corrected chi connectivity index (χ0v) is 10.9. The van der Waals surface area contributed by atoms with Crippen LogP contribution in [-0.4, -0.2) is 0 Å². The van der Waals surface area contributed by atoms with E-state index in [-0.39, 0.29) is 0 Å². The lowest BCUT2D eigenvalue weighted by atomic mass is 9.62. The van der Waals surface area contributed by atoms with Gasteiger partial charge in [-0.25, -0.2) is 0 Å². The Morgan fingerprint density at radius 3 is 2.20 bits per heavy atom. The van der Waals surface area contributed by atoms with Gasteiger partial charge in [0.25, 0.3) is 0 Å². The van der Waals surface area contributed by atoms with Crippen LogP contribution in [-0.2, 0) is 0 Å². The van der Waals surface area contributed by atoms with E-state index in [0.29, 0.717) is 5.41 Å². The maximum absolute atomic E-state index is 2.51. The van der Waals surface area contributed by atoms with E-state index < -0.39 is 0 Å². The highest BCUT2D eigenvalue weighted by molar-refractivity contribution is 4.87. The molecule has 2 aliphatic rings. The summed E-state index contributed by atoms with van der Waals surface area (Å²) in [6.07, 6.45) is 12.0. The van der Waals surface area contributed by atoms with Crippen molar-refractivity contribution >= 4 is 0 Å². The van der Waals surface area contributed by atoms with E-state index in [4.69, 9.17) is 0 Å². The number of hydrogen-bond acceptors (Lipinski definition) is 0. The summed E-state index contributed by atoms with van der Waals surface area (Å²) >= 11 is 0. The maximum Gasteiger partial charge on any atom is -0.0351 e. The zero-order valence-electron chi connectivity index (χ0n) is 10.9. The molecule has 0 spiro atoms. The highest BCUT2D eigenvalue weighted by Gasteiger charge is 2.36. The van der Waals surface area contributed by atoms with E-state index in [1.165, 1.54) is 51.4 Å². The van der Waals surface area contributed by atoms with Gasteiger partial charge in [0.15, 0.2) is 0 Å². The quantitative estimate of drug-likeness (QED) is 0.567. The predicted octanol–water partition coefficient (Wildman–Crippen LogP) is 5.03. The standard InChI is InChI=1S/C15H28/c1-12-11-15(2,3)10-9-14(12)13-7-5-4-6-8-13/h12-14H,4-11H2,1-3H3/t12-,14?/m0/s1. The van der Waals surface area contributed by atoms with E-state index in [1.54, 1.807) is 0 Å². The normalized spacial score (nSPS) is 37.8. The first-order chi connectivity index (χ1) is 7.08. The van der Waals surface area contributed by atoms with Gasteiger partial charge in [0.2, 0.25) is 0 Å². The fourth-order valence-electron chi connectivity index (χ4n) is 4.23. The second-order valence-corrected chi connectivity index (χ2v) is 6.95. The number of hydrogen-bond donors (Lipinski definition) is 0. The lowest BCUT2D eigenvalue weighted by Gasteiger charge is -2.43. The minimum atomic E-state index is 0.630. The molecule has 15 heavy (non-hydrogen) atoms. The van der Waals surface area contributed by atoms with Crippen molar-refractivity contribution in [2.45, 2.75) is 72.1 Å². The molecular weight excluding hydrogens is 180 g/mol. The fourth-order valence-corrected chi connectivity index (χ4v) is 4.23. The van der Waals surface area contributed by atoms with Gasteiger partial charge in [0.05, 0.1) is 0 Å². The van der Waals surface area contributed by atoms with Crippen LogP contribution in [0.5, 0.6) is 0 Å². The molecule has 1 unspecified atom stereocenters. The molecule has 0 aromatic rings. The third kappa shape index (κ3) is 2.77. The first kappa shape index (κ1) is 11.5. The Kier molecular flexibility index (Phi) is 3.42. The topological polar surface area (TPSA) is 0 Å². The van der Waals surface area contributed by atoms with Gasteiger partial charge in [-0.1, -0.05) is 52.9 Å². The maximum atomic E-state index is 2.51. The predicted molar refractivity (Wildman–Crippen MR) is 66.9 cm³/mol. The molecule has 2 saturated carbocycles. The molecule has 0 aliphatic heterocycles. The van der Waals surface area contributed by atoms with Crippen molar-refractivity contribution in [3.05, 3.63) is 0 Å². The van der Waals surface area contributed by atoms with Crippen LogP contribution in [0.3, 0.4) is 0 Å². The van der Waals surface area contributed by atoms with Gasteiger partial charge in [-0.2, -0.15) is 0 Å². The summed E-state index contributed by atoms with van der Waals surface area (Å²) in [7, 11) is 0. The largest absolute Gasteiger partial charge is 0.0622 e. The van der Waals surface area contributed by atoms with E-state index >= 15 is 0 Å². The summed E-state index contributed by atoms with van der Waals surface area (Å²) in [6, 6.07) is 0. The molecule has 0 N–H and O–H groups in total. The molecule has 0 aromatic carbocycles. The fraction of sp³-hybridized carbons (Fsp3) is 1.00. The van der Waals surface area contributed by atoms with Crippen molar-refractivity contribution in [1.82, 2.24) is 0 Å². The molecule has 0 bridgehead atoms. The van der Waals surface area contributed by atoms with Gasteiger partial charge < -0.3 is 0 Å². The van der Waals surface area contributed by atoms with Gasteiger partial charge in [-0.15, -0.1) is 0 Å². The van der Waals surface area contributed by atoms with Crippen molar-refractivity contribution in [3.63, 3.8) is 0 Å². The molecule has 0 heterocycles. The number of rotatable bonds is 1. The molecule has 0 saturated heterocycles. The molecule has 0 radical (unpaired) electrons. The lowest BCUT2D eigenvalue weighted by Crippen LogP contribution is -2.33. The molecule has 2 atom stereocenters. The highest BCUT2D eigenvalue weighted by Crippen LogP contribution is 2.47. The minimum Gasteiger partial charge on any atom is -0.0622 e. The Bertz CT molecular complexity index is 198. The highest BCUT2D eigenvalue weighted by atomic mass is 14.4. The van der Waals surface area contributed by atoms with Gasteiger partial charge in [-0.3, -0.25) is 0 Å². The van der Waals surface area contributed by atoms with Crippen molar-refractivity contribution in [2.24, 2.45) is 23.2 Å². The second kappa shape index (κ2) is 4.47. The average molecular weight is 208 g/mol. The van der Waals surface area contributed by atoms with Crippen LogP contribution in [0.15, 0.2) is 0 Å². The second-order valence-electron chi connectivity index (χ2n) is 6.95. The van der Waals surface area contributed by atoms with Crippen LogP contribution >= 0.6 is 0 Å². The van der Waals surface area contributed by atoms with Crippen molar-refractivity contribution < 1.29 is 0 Å². The average Bonchev–Trinajstić information content (AvgIpc) is 2.17. The summed E-state index contributed by atoms with van der Waals surface area (Å²) in [4.78, 5) is 0. The molecule has 0 nitrogen and oxygen atoms in total. The van der Waals surface area contributed by atoms with Crippen LogP contribution in [0.4, 0.5) is 0 Å². The smallest absolute Gasteiger partial charge is 0.0351 e. The molecule has 2 rings (SSSR count). The van der Waals surface area contributed by atoms with Crippen LogP contribution < -0.4 is 0 Å². The molecule has 0 aromatic heterocycles. The third-order valence-electron chi connectivity index (χ3n) is 5.02. The van der Waals surface area contributed by atoms with Crippen molar-refractivity contribution in [2.75, 3.05) is 0 Å². The van der Waals surface area contributed by atoms with E-state index in [1.807, 2.05) is 0 Å². The molecule has 0 amide bonds. The minimum absolute atomic E-state index is 0.630. The Labute approximate surface area is 95.8 Å². The third-order valence-corrected chi connectivity index (χ3v) is 5.02. The SMILES string of the molecule is C[C@H]1CC(C)(C)CCC1C1CCCCC1. The van der Waals surface area contributed by atoms with Gasteiger partial charge >= 0.3 is 0 Å². The Balaban J connectivity index is 1.92. The van der Waals surface area contributed by atoms with Crippen LogP contribution in [0.2, 0.25) is 0 Å². The van der Waals surface area contributed by atoms with Gasteiger partial charge in [0.1, 0.15) is 0 Å². The van der Waals surface area contributed by atoms with E-state index in [9.17, 15) is 0 Å². The summed E-state index contributed by atoms with van der Waals surface area (Å²) in [6.45, 7) is 7.43. The monoisotopic (exact) mass is 208 g/mol. The summed E-state index contributed by atoms with van der Waals surface area (Å²) < 4.78 is 0. The molecular formula is C15H28. The summed E-state index contributed by atoms with van der Waals surface area (Å²) in [5.41, 5.74) is 0.630. The van der Waals surface area contributed by atoms with E-state index in [0.717, 1.165) is 17.8 Å². The van der Waals surface area contributed by atoms with Gasteiger partial charge in [-0.05, 0) is 42.4 Å². The Morgan fingerprint density at radius 1 is 0.933 bits per heavy atom. The summed E-state index contributed by atoms with van der Waals surface area (Å²) in [5.74, 6) is 3.14. The van der Waals surface area contributed by atoms with Gasteiger partial charge in [0, 0.05) is 0 Å². The molecule has 88 valence electrons. The Morgan fingerprint density at radius 2 is 1.60 bits per heavy atom.